The van der Waals surface area contributed by atoms with Gasteiger partial charge in [0.15, 0.2) is 0 Å². The van der Waals surface area contributed by atoms with Gasteiger partial charge in [0.1, 0.15) is 0 Å². The van der Waals surface area contributed by atoms with Crippen molar-refractivity contribution in [3.8, 4) is 0 Å². The van der Waals surface area contributed by atoms with E-state index in [1.54, 1.807) is 13.8 Å². The molecule has 0 spiro atoms. The van der Waals surface area contributed by atoms with Crippen LogP contribution in [0.5, 0.6) is 0 Å². The summed E-state index contributed by atoms with van der Waals surface area (Å²) in [4.78, 5) is 35.1. The lowest BCUT2D eigenvalue weighted by Crippen LogP contribution is -2.59. The second kappa shape index (κ2) is 11.5. The van der Waals surface area contributed by atoms with Crippen LogP contribution in [0.2, 0.25) is 5.02 Å². The van der Waals surface area contributed by atoms with E-state index in [1.807, 2.05) is 30.9 Å². The van der Waals surface area contributed by atoms with Crippen molar-refractivity contribution in [3.63, 3.8) is 0 Å². The first-order valence-corrected chi connectivity index (χ1v) is 16.0. The second-order valence-corrected chi connectivity index (χ2v) is 16.3. The van der Waals surface area contributed by atoms with E-state index in [-0.39, 0.29) is 46.7 Å². The summed E-state index contributed by atoms with van der Waals surface area (Å²) in [6.45, 7) is 21.2. The molecular formula is C34H54ClN3O3. The van der Waals surface area contributed by atoms with Gasteiger partial charge in [-0.05, 0) is 104 Å². The van der Waals surface area contributed by atoms with Crippen molar-refractivity contribution in [1.29, 1.82) is 0 Å². The van der Waals surface area contributed by atoms with Gasteiger partial charge in [0.2, 0.25) is 11.8 Å². The molecule has 3 fully saturated rings. The molecule has 230 valence electrons. The van der Waals surface area contributed by atoms with Crippen molar-refractivity contribution >= 4 is 23.4 Å². The van der Waals surface area contributed by atoms with Gasteiger partial charge in [-0.2, -0.15) is 0 Å². The Morgan fingerprint density at radius 3 is 2.02 bits per heavy atom. The van der Waals surface area contributed by atoms with E-state index < -0.39 is 11.0 Å². The predicted molar refractivity (Wildman–Crippen MR) is 167 cm³/mol. The summed E-state index contributed by atoms with van der Waals surface area (Å²) < 4.78 is 0. The lowest BCUT2D eigenvalue weighted by Gasteiger charge is -2.47. The minimum Gasteiger partial charge on any atom is -0.389 e. The molecule has 7 heteroatoms. The fourth-order valence-electron chi connectivity index (χ4n) is 6.93. The third-order valence-corrected chi connectivity index (χ3v) is 11.0. The van der Waals surface area contributed by atoms with Gasteiger partial charge in [-0.1, -0.05) is 37.6 Å². The molecule has 1 aromatic carbocycles. The average Bonchev–Trinajstić information content (AvgIpc) is 3.53. The highest BCUT2D eigenvalue weighted by atomic mass is 35.5. The normalized spacial score (nSPS) is 26.4. The number of hydrogen-bond acceptors (Lipinski definition) is 4. The van der Waals surface area contributed by atoms with Crippen LogP contribution in [0.1, 0.15) is 106 Å². The van der Waals surface area contributed by atoms with Crippen LogP contribution in [0.3, 0.4) is 0 Å². The summed E-state index contributed by atoms with van der Waals surface area (Å²) in [5.41, 5.74) is -0.684. The van der Waals surface area contributed by atoms with Crippen LogP contribution in [-0.4, -0.2) is 81.0 Å². The van der Waals surface area contributed by atoms with Gasteiger partial charge in [-0.3, -0.25) is 14.5 Å². The van der Waals surface area contributed by atoms with E-state index >= 15 is 0 Å². The Balaban J connectivity index is 1.57. The zero-order valence-corrected chi connectivity index (χ0v) is 27.7. The molecule has 2 saturated heterocycles. The second-order valence-electron chi connectivity index (χ2n) is 15.9. The fraction of sp³-hybridized carbons (Fsp3) is 0.765. The van der Waals surface area contributed by atoms with Crippen molar-refractivity contribution in [2.24, 2.45) is 16.7 Å². The first-order valence-electron chi connectivity index (χ1n) is 15.7. The third kappa shape index (κ3) is 6.80. The van der Waals surface area contributed by atoms with Gasteiger partial charge in [0, 0.05) is 48.7 Å². The quantitative estimate of drug-likeness (QED) is 0.421. The molecule has 2 heterocycles. The minimum atomic E-state index is -1.16. The van der Waals surface area contributed by atoms with Gasteiger partial charge in [0.05, 0.1) is 23.0 Å². The highest BCUT2D eigenvalue weighted by Crippen LogP contribution is 2.42. The van der Waals surface area contributed by atoms with Gasteiger partial charge in [-0.15, -0.1) is 0 Å². The molecule has 4 rings (SSSR count). The molecule has 1 aliphatic carbocycles. The summed E-state index contributed by atoms with van der Waals surface area (Å²) in [6, 6.07) is 8.08. The molecule has 0 radical (unpaired) electrons. The van der Waals surface area contributed by atoms with Crippen molar-refractivity contribution in [3.05, 3.63) is 34.9 Å². The number of carbonyl (C=O) groups is 2. The Morgan fingerprint density at radius 1 is 0.902 bits per heavy atom. The Hall–Kier alpha value is -1.63. The topological polar surface area (TPSA) is 64.1 Å². The van der Waals surface area contributed by atoms with Gasteiger partial charge in [-0.25, -0.2) is 0 Å². The fourth-order valence-corrected chi connectivity index (χ4v) is 7.06. The molecule has 41 heavy (non-hydrogen) atoms. The first-order chi connectivity index (χ1) is 18.8. The van der Waals surface area contributed by atoms with Crippen LogP contribution in [0.4, 0.5) is 0 Å². The van der Waals surface area contributed by atoms with Crippen LogP contribution in [0, 0.1) is 16.7 Å². The van der Waals surface area contributed by atoms with Gasteiger partial charge < -0.3 is 14.9 Å². The lowest BCUT2D eigenvalue weighted by atomic mass is 9.72. The van der Waals surface area contributed by atoms with Crippen LogP contribution < -0.4 is 0 Å². The maximum atomic E-state index is 14.3. The lowest BCUT2D eigenvalue weighted by molar-refractivity contribution is -0.160. The summed E-state index contributed by atoms with van der Waals surface area (Å²) in [6.07, 6.45) is 4.86. The minimum absolute atomic E-state index is 0.00724. The van der Waals surface area contributed by atoms with Gasteiger partial charge in [0.25, 0.3) is 0 Å². The Bertz CT molecular complexity index is 1090. The summed E-state index contributed by atoms with van der Waals surface area (Å²) in [7, 11) is 0. The van der Waals surface area contributed by atoms with E-state index in [9.17, 15) is 14.7 Å². The molecule has 1 saturated carbocycles. The number of carbonyl (C=O) groups excluding carboxylic acids is 2. The third-order valence-electron chi connectivity index (χ3n) is 10.8. The van der Waals surface area contributed by atoms with Crippen LogP contribution in [-0.2, 0) is 9.59 Å². The molecule has 6 nitrogen and oxygen atoms in total. The zero-order chi connectivity index (χ0) is 30.5. The van der Waals surface area contributed by atoms with E-state index in [2.05, 4.69) is 56.6 Å². The van der Waals surface area contributed by atoms with E-state index in [4.69, 9.17) is 11.6 Å². The average molecular weight is 588 g/mol. The number of aliphatic hydroxyl groups is 1. The number of likely N-dealkylation sites (tertiary alicyclic amines) is 2. The Morgan fingerprint density at radius 2 is 1.49 bits per heavy atom. The highest BCUT2D eigenvalue weighted by molar-refractivity contribution is 6.30. The molecule has 0 bridgehead atoms. The van der Waals surface area contributed by atoms with Crippen LogP contribution >= 0.6 is 11.6 Å². The zero-order valence-electron chi connectivity index (χ0n) is 27.0. The smallest absolute Gasteiger partial charge is 0.231 e. The van der Waals surface area contributed by atoms with Crippen LogP contribution in [0.15, 0.2) is 24.3 Å². The predicted octanol–water partition coefficient (Wildman–Crippen LogP) is 6.35. The number of amides is 2. The molecule has 1 N–H and O–H groups in total. The molecular weight excluding hydrogens is 534 g/mol. The highest BCUT2D eigenvalue weighted by Gasteiger charge is 2.50. The largest absolute Gasteiger partial charge is 0.389 e. The van der Waals surface area contributed by atoms with E-state index in [1.165, 1.54) is 0 Å². The first kappa shape index (κ1) is 32.3. The molecule has 3 aliphatic rings. The number of benzene rings is 1. The molecule has 0 aromatic heterocycles. The van der Waals surface area contributed by atoms with Crippen molar-refractivity contribution in [1.82, 2.24) is 14.7 Å². The number of rotatable bonds is 6. The van der Waals surface area contributed by atoms with E-state index in [0.29, 0.717) is 18.1 Å². The van der Waals surface area contributed by atoms with E-state index in [0.717, 1.165) is 50.8 Å². The standard InChI is InChI=1S/C34H54ClN3O3/c1-31(2,3)37-21-27(23-10-12-24(35)13-11-23)28(22-37)29(39)36-19-16-26(20-36)38(25-14-17-32(4,5)18-15-25)30(40)33(6,7)34(8,9)41/h10-13,25-28,41H,14-22H2,1-9H3/t26?,27-,28+/m0/s1. The Labute approximate surface area is 253 Å². The summed E-state index contributed by atoms with van der Waals surface area (Å²) in [5.74, 6) is 0.165. The molecule has 1 aromatic rings. The molecule has 2 amide bonds. The van der Waals surface area contributed by atoms with Crippen LogP contribution in [0.25, 0.3) is 0 Å². The molecule has 2 aliphatic heterocycles. The number of halogens is 1. The van der Waals surface area contributed by atoms with Crippen molar-refractivity contribution in [2.75, 3.05) is 26.2 Å². The molecule has 3 atom stereocenters. The number of nitrogens with zero attached hydrogens (tertiary/aromatic N) is 3. The summed E-state index contributed by atoms with van der Waals surface area (Å²) in [5, 5.41) is 11.7. The van der Waals surface area contributed by atoms with Gasteiger partial charge >= 0.3 is 0 Å². The number of hydrogen-bond donors (Lipinski definition) is 1. The van der Waals surface area contributed by atoms with Crippen molar-refractivity contribution in [2.45, 2.75) is 124 Å². The monoisotopic (exact) mass is 587 g/mol. The molecule has 1 unspecified atom stereocenters. The summed E-state index contributed by atoms with van der Waals surface area (Å²) >= 11 is 6.20. The SMILES string of the molecule is CC1(C)CCC(N(C(=O)C(C)(C)C(C)(C)O)C2CCN(C(=O)[C@@H]3CN(C(C)(C)C)C[C@H]3c3ccc(Cl)cc3)C2)CC1. The Kier molecular flexibility index (Phi) is 9.03. The van der Waals surface area contributed by atoms with Crippen molar-refractivity contribution < 1.29 is 14.7 Å². The maximum Gasteiger partial charge on any atom is 0.231 e. The maximum absolute atomic E-state index is 14.3.